The number of carboxylic acids is 1. The van der Waals surface area contributed by atoms with Crippen LogP contribution in [0, 0.1) is 0 Å². The van der Waals surface area contributed by atoms with Gasteiger partial charge in [-0.25, -0.2) is 4.79 Å². The van der Waals surface area contributed by atoms with Crippen molar-refractivity contribution >= 4 is 5.97 Å². The average molecular weight is 258 g/mol. The lowest BCUT2D eigenvalue weighted by atomic mass is 9.96. The van der Waals surface area contributed by atoms with Gasteiger partial charge in [0.15, 0.2) is 5.69 Å². The van der Waals surface area contributed by atoms with Crippen molar-refractivity contribution in [1.82, 2.24) is 9.78 Å². The Bertz CT molecular complexity index is 585. The summed E-state index contributed by atoms with van der Waals surface area (Å²) in [4.78, 5) is 11.2. The van der Waals surface area contributed by atoms with E-state index in [0.29, 0.717) is 11.5 Å². The molecule has 2 aromatic rings. The number of benzene rings is 1. The molecule has 0 aliphatic rings. The number of carboxylic acid groups (broad SMARTS) is 1. The summed E-state index contributed by atoms with van der Waals surface area (Å²) in [5.74, 6) is -0.483. The fourth-order valence-electron chi connectivity index (χ4n) is 2.08. The molecule has 0 amide bonds. The van der Waals surface area contributed by atoms with Crippen LogP contribution < -0.4 is 0 Å². The van der Waals surface area contributed by atoms with Crippen LogP contribution in [0.4, 0.5) is 0 Å². The first-order valence-corrected chi connectivity index (χ1v) is 6.40. The first kappa shape index (κ1) is 13.3. The Morgan fingerprint density at radius 1 is 1.37 bits per heavy atom. The molecule has 1 N–H and O–H groups in total. The first-order valence-electron chi connectivity index (χ1n) is 6.40. The molecule has 0 aliphatic carbocycles. The van der Waals surface area contributed by atoms with Gasteiger partial charge in [-0.3, -0.25) is 4.68 Å². The third-order valence-electron chi connectivity index (χ3n) is 3.43. The number of hydrogen-bond acceptors (Lipinski definition) is 2. The maximum Gasteiger partial charge on any atom is 0.357 e. The van der Waals surface area contributed by atoms with E-state index in [4.69, 9.17) is 5.11 Å². The molecule has 0 bridgehead atoms. The molecule has 0 saturated heterocycles. The van der Waals surface area contributed by atoms with E-state index in [-0.39, 0.29) is 5.69 Å². The Labute approximate surface area is 112 Å². The molecule has 4 nitrogen and oxygen atoms in total. The third kappa shape index (κ3) is 2.67. The van der Waals surface area contributed by atoms with Gasteiger partial charge in [0.05, 0.1) is 0 Å². The van der Waals surface area contributed by atoms with Crippen LogP contribution in [0.1, 0.15) is 42.2 Å². The summed E-state index contributed by atoms with van der Waals surface area (Å²) in [6.07, 6.45) is 2.83. The Morgan fingerprint density at radius 2 is 2.00 bits per heavy atom. The molecule has 2 rings (SSSR count). The lowest BCUT2D eigenvalue weighted by Crippen LogP contribution is -2.00. The number of rotatable bonds is 4. The van der Waals surface area contributed by atoms with E-state index in [9.17, 15) is 4.79 Å². The molecule has 19 heavy (non-hydrogen) atoms. The summed E-state index contributed by atoms with van der Waals surface area (Å²) in [5.41, 5.74) is 2.91. The summed E-state index contributed by atoms with van der Waals surface area (Å²) >= 11 is 0. The van der Waals surface area contributed by atoms with Gasteiger partial charge >= 0.3 is 5.97 Å². The Hall–Kier alpha value is -2.10. The Kier molecular flexibility index (Phi) is 3.69. The van der Waals surface area contributed by atoms with E-state index in [1.165, 1.54) is 10.2 Å². The lowest BCUT2D eigenvalue weighted by Gasteiger charge is -2.09. The van der Waals surface area contributed by atoms with Crippen LogP contribution in [0.2, 0.25) is 0 Å². The third-order valence-corrected chi connectivity index (χ3v) is 3.43. The van der Waals surface area contributed by atoms with Crippen molar-refractivity contribution < 1.29 is 9.90 Å². The standard InChI is InChI=1S/C15H18N2O2/c1-4-10(2)11-5-7-12(8-6-11)13-9-17(3)16-14(13)15(18)19/h5-10H,4H2,1-3H3,(H,18,19). The van der Waals surface area contributed by atoms with Crippen molar-refractivity contribution in [2.45, 2.75) is 26.2 Å². The summed E-state index contributed by atoms with van der Waals surface area (Å²) in [6.45, 7) is 4.34. The van der Waals surface area contributed by atoms with Gasteiger partial charge in [0.1, 0.15) is 0 Å². The highest BCUT2D eigenvalue weighted by Gasteiger charge is 2.16. The molecule has 0 fully saturated rings. The molecule has 1 atom stereocenters. The Morgan fingerprint density at radius 3 is 2.53 bits per heavy atom. The molecule has 0 spiro atoms. The number of aromatic nitrogens is 2. The second-order valence-corrected chi connectivity index (χ2v) is 4.80. The predicted octanol–water partition coefficient (Wildman–Crippen LogP) is 3.30. The van der Waals surface area contributed by atoms with Gasteiger partial charge in [0, 0.05) is 18.8 Å². The van der Waals surface area contributed by atoms with Gasteiger partial charge in [-0.05, 0) is 23.5 Å². The second kappa shape index (κ2) is 5.26. The van der Waals surface area contributed by atoms with Gasteiger partial charge in [0.25, 0.3) is 0 Å². The highest BCUT2D eigenvalue weighted by molar-refractivity contribution is 5.93. The molecule has 100 valence electrons. The summed E-state index contributed by atoms with van der Waals surface area (Å²) < 4.78 is 1.53. The predicted molar refractivity (Wildman–Crippen MR) is 74.3 cm³/mol. The van der Waals surface area contributed by atoms with Crippen LogP contribution in [-0.4, -0.2) is 20.9 Å². The monoisotopic (exact) mass is 258 g/mol. The molecule has 0 radical (unpaired) electrons. The first-order chi connectivity index (χ1) is 9.02. The lowest BCUT2D eigenvalue weighted by molar-refractivity contribution is 0.0690. The smallest absolute Gasteiger partial charge is 0.357 e. The summed E-state index contributed by atoms with van der Waals surface area (Å²) in [7, 11) is 1.73. The highest BCUT2D eigenvalue weighted by atomic mass is 16.4. The molecular weight excluding hydrogens is 240 g/mol. The minimum Gasteiger partial charge on any atom is -0.476 e. The number of aryl methyl sites for hydroxylation is 1. The highest BCUT2D eigenvalue weighted by Crippen LogP contribution is 2.26. The van der Waals surface area contributed by atoms with Crippen LogP contribution in [0.3, 0.4) is 0 Å². The average Bonchev–Trinajstić information content (AvgIpc) is 2.80. The summed E-state index contributed by atoms with van der Waals surface area (Å²) in [5, 5.41) is 13.1. The van der Waals surface area contributed by atoms with E-state index in [0.717, 1.165) is 12.0 Å². The zero-order chi connectivity index (χ0) is 14.0. The fraction of sp³-hybridized carbons (Fsp3) is 0.333. The molecule has 1 aromatic carbocycles. The van der Waals surface area contributed by atoms with E-state index >= 15 is 0 Å². The molecule has 4 heteroatoms. The van der Waals surface area contributed by atoms with E-state index in [2.05, 4.69) is 31.1 Å². The SMILES string of the molecule is CCC(C)c1ccc(-c2cn(C)nc2C(=O)O)cc1. The van der Waals surface area contributed by atoms with Gasteiger partial charge < -0.3 is 5.11 Å². The van der Waals surface area contributed by atoms with E-state index in [1.807, 2.05) is 12.1 Å². The van der Waals surface area contributed by atoms with Crippen molar-refractivity contribution in [1.29, 1.82) is 0 Å². The zero-order valence-corrected chi connectivity index (χ0v) is 11.4. The quantitative estimate of drug-likeness (QED) is 0.915. The zero-order valence-electron chi connectivity index (χ0n) is 11.4. The largest absolute Gasteiger partial charge is 0.476 e. The normalized spacial score (nSPS) is 12.4. The van der Waals surface area contributed by atoms with Crippen LogP contribution in [0.15, 0.2) is 30.5 Å². The van der Waals surface area contributed by atoms with Gasteiger partial charge in [-0.15, -0.1) is 0 Å². The number of hydrogen-bond donors (Lipinski definition) is 1. The van der Waals surface area contributed by atoms with Crippen LogP contribution in [0.25, 0.3) is 11.1 Å². The Balaban J connectivity index is 2.40. The van der Waals surface area contributed by atoms with Gasteiger partial charge in [0.2, 0.25) is 0 Å². The second-order valence-electron chi connectivity index (χ2n) is 4.80. The van der Waals surface area contributed by atoms with Crippen LogP contribution in [0.5, 0.6) is 0 Å². The maximum atomic E-state index is 11.2. The van der Waals surface area contributed by atoms with Crippen LogP contribution >= 0.6 is 0 Å². The molecule has 1 unspecified atom stereocenters. The van der Waals surface area contributed by atoms with Gasteiger partial charge in [-0.2, -0.15) is 5.10 Å². The molecule has 1 aromatic heterocycles. The van der Waals surface area contributed by atoms with Crippen molar-refractivity contribution in [2.75, 3.05) is 0 Å². The molecular formula is C15H18N2O2. The number of nitrogens with zero attached hydrogens (tertiary/aromatic N) is 2. The summed E-state index contributed by atoms with van der Waals surface area (Å²) in [6, 6.07) is 8.04. The topological polar surface area (TPSA) is 55.1 Å². The van der Waals surface area contributed by atoms with E-state index < -0.39 is 5.97 Å². The molecule has 0 saturated carbocycles. The van der Waals surface area contributed by atoms with Gasteiger partial charge in [-0.1, -0.05) is 38.1 Å². The molecule has 1 heterocycles. The number of carbonyl (C=O) groups is 1. The van der Waals surface area contributed by atoms with E-state index in [1.54, 1.807) is 13.2 Å². The van der Waals surface area contributed by atoms with Crippen molar-refractivity contribution in [2.24, 2.45) is 7.05 Å². The van der Waals surface area contributed by atoms with Crippen molar-refractivity contribution in [3.63, 3.8) is 0 Å². The fourth-order valence-corrected chi connectivity index (χ4v) is 2.08. The van der Waals surface area contributed by atoms with Crippen molar-refractivity contribution in [3.05, 3.63) is 41.7 Å². The van der Waals surface area contributed by atoms with Crippen molar-refractivity contribution in [3.8, 4) is 11.1 Å². The maximum absolute atomic E-state index is 11.2. The minimum absolute atomic E-state index is 0.0961. The minimum atomic E-state index is -0.999. The van der Waals surface area contributed by atoms with Crippen LogP contribution in [-0.2, 0) is 7.05 Å². The molecule has 0 aliphatic heterocycles. The number of aromatic carboxylic acids is 1.